The van der Waals surface area contributed by atoms with Crippen LogP contribution in [0.1, 0.15) is 26.7 Å². The molecule has 0 aromatic heterocycles. The van der Waals surface area contributed by atoms with E-state index in [1.165, 1.54) is 0 Å². The molecule has 0 aliphatic carbocycles. The van der Waals surface area contributed by atoms with E-state index in [1.54, 1.807) is 6.92 Å². The van der Waals surface area contributed by atoms with Crippen LogP contribution < -0.4 is 5.32 Å². The summed E-state index contributed by atoms with van der Waals surface area (Å²) in [5.74, 6) is -1.38. The molecule has 1 fully saturated rings. The van der Waals surface area contributed by atoms with Crippen molar-refractivity contribution in [2.45, 2.75) is 44.9 Å². The van der Waals surface area contributed by atoms with E-state index in [0.29, 0.717) is 12.8 Å². The van der Waals surface area contributed by atoms with Crippen LogP contribution in [0, 0.1) is 5.92 Å². The SMILES string of the molecule is CC(CO)C(C)NC(=O)[C@@H]1CC[C@H](C(=O)O)O1. The van der Waals surface area contributed by atoms with E-state index in [4.69, 9.17) is 14.9 Å². The lowest BCUT2D eigenvalue weighted by molar-refractivity contribution is -0.152. The lowest BCUT2D eigenvalue weighted by atomic mass is 10.0. The van der Waals surface area contributed by atoms with E-state index in [-0.39, 0.29) is 24.5 Å². The monoisotopic (exact) mass is 245 g/mol. The predicted molar refractivity (Wildman–Crippen MR) is 59.4 cm³/mol. The zero-order valence-electron chi connectivity index (χ0n) is 10.0. The first-order chi connectivity index (χ1) is 7.95. The Kier molecular flexibility index (Phi) is 4.89. The van der Waals surface area contributed by atoms with Gasteiger partial charge in [0.1, 0.15) is 6.10 Å². The second-order valence-corrected chi connectivity index (χ2v) is 4.49. The summed E-state index contributed by atoms with van der Waals surface area (Å²) in [6.07, 6.45) is -0.791. The highest BCUT2D eigenvalue weighted by atomic mass is 16.5. The normalized spacial score (nSPS) is 27.5. The number of hydrogen-bond donors (Lipinski definition) is 3. The number of carbonyl (C=O) groups is 2. The Morgan fingerprint density at radius 3 is 2.41 bits per heavy atom. The van der Waals surface area contributed by atoms with Crippen LogP contribution in [0.5, 0.6) is 0 Å². The predicted octanol–water partition coefficient (Wildman–Crippen LogP) is -0.248. The molecule has 17 heavy (non-hydrogen) atoms. The second-order valence-electron chi connectivity index (χ2n) is 4.49. The quantitative estimate of drug-likeness (QED) is 0.621. The van der Waals surface area contributed by atoms with E-state index in [9.17, 15) is 9.59 Å². The standard InChI is InChI=1S/C11H19NO5/c1-6(5-13)7(2)12-10(14)8-3-4-9(17-8)11(15)16/h6-9,13H,3-5H2,1-2H3,(H,12,14)(H,15,16)/t6?,7?,8-,9+/m0/s1. The van der Waals surface area contributed by atoms with Crippen molar-refractivity contribution in [1.29, 1.82) is 0 Å². The van der Waals surface area contributed by atoms with Gasteiger partial charge >= 0.3 is 5.97 Å². The van der Waals surface area contributed by atoms with Crippen molar-refractivity contribution in [2.75, 3.05) is 6.61 Å². The Morgan fingerprint density at radius 1 is 1.35 bits per heavy atom. The first-order valence-corrected chi connectivity index (χ1v) is 5.75. The van der Waals surface area contributed by atoms with Gasteiger partial charge in [-0.05, 0) is 25.7 Å². The molecule has 6 heteroatoms. The molecule has 1 aliphatic rings. The van der Waals surface area contributed by atoms with Crippen LogP contribution in [0.3, 0.4) is 0 Å². The Labute approximate surface area is 100.0 Å². The van der Waals surface area contributed by atoms with Crippen molar-refractivity contribution in [2.24, 2.45) is 5.92 Å². The van der Waals surface area contributed by atoms with Gasteiger partial charge in [-0.1, -0.05) is 6.92 Å². The smallest absolute Gasteiger partial charge is 0.332 e. The van der Waals surface area contributed by atoms with Crippen LogP contribution in [-0.2, 0) is 14.3 Å². The summed E-state index contributed by atoms with van der Waals surface area (Å²) in [5.41, 5.74) is 0. The van der Waals surface area contributed by atoms with Crippen molar-refractivity contribution >= 4 is 11.9 Å². The molecule has 2 unspecified atom stereocenters. The number of ether oxygens (including phenoxy) is 1. The number of aliphatic hydroxyl groups is 1. The molecule has 98 valence electrons. The van der Waals surface area contributed by atoms with Gasteiger partial charge in [-0.3, -0.25) is 4.79 Å². The fourth-order valence-corrected chi connectivity index (χ4v) is 1.63. The van der Waals surface area contributed by atoms with E-state index in [2.05, 4.69) is 5.32 Å². The van der Waals surface area contributed by atoms with Crippen molar-refractivity contribution in [3.63, 3.8) is 0 Å². The van der Waals surface area contributed by atoms with Crippen LogP contribution in [0.15, 0.2) is 0 Å². The summed E-state index contributed by atoms with van der Waals surface area (Å²) in [6, 6.07) is -0.167. The van der Waals surface area contributed by atoms with Gasteiger partial charge in [0, 0.05) is 12.6 Å². The van der Waals surface area contributed by atoms with Crippen molar-refractivity contribution in [3.05, 3.63) is 0 Å². The van der Waals surface area contributed by atoms with E-state index >= 15 is 0 Å². The van der Waals surface area contributed by atoms with E-state index < -0.39 is 18.2 Å². The third kappa shape index (κ3) is 3.67. The zero-order chi connectivity index (χ0) is 13.0. The van der Waals surface area contributed by atoms with E-state index in [0.717, 1.165) is 0 Å². The fourth-order valence-electron chi connectivity index (χ4n) is 1.63. The molecule has 0 spiro atoms. The number of amides is 1. The first kappa shape index (κ1) is 13.9. The van der Waals surface area contributed by atoms with Gasteiger partial charge in [0.15, 0.2) is 6.10 Å². The van der Waals surface area contributed by atoms with Gasteiger partial charge in [-0.2, -0.15) is 0 Å². The number of rotatable bonds is 5. The van der Waals surface area contributed by atoms with E-state index in [1.807, 2.05) is 6.92 Å². The molecule has 1 saturated heterocycles. The Morgan fingerprint density at radius 2 is 1.94 bits per heavy atom. The maximum Gasteiger partial charge on any atom is 0.332 e. The average molecular weight is 245 g/mol. The molecule has 0 aromatic carbocycles. The summed E-state index contributed by atoms with van der Waals surface area (Å²) in [4.78, 5) is 22.4. The van der Waals surface area contributed by atoms with Crippen LogP contribution in [0.25, 0.3) is 0 Å². The molecule has 4 atom stereocenters. The van der Waals surface area contributed by atoms with Crippen LogP contribution >= 0.6 is 0 Å². The first-order valence-electron chi connectivity index (χ1n) is 5.75. The number of carboxylic acid groups (broad SMARTS) is 1. The molecule has 0 bridgehead atoms. The van der Waals surface area contributed by atoms with Crippen LogP contribution in [-0.4, -0.2) is 46.9 Å². The minimum Gasteiger partial charge on any atom is -0.479 e. The summed E-state index contributed by atoms with van der Waals surface area (Å²) in [5, 5.41) is 20.4. The van der Waals surface area contributed by atoms with Gasteiger partial charge in [-0.15, -0.1) is 0 Å². The van der Waals surface area contributed by atoms with Gasteiger partial charge < -0.3 is 20.3 Å². The Bertz CT molecular complexity index is 294. The topological polar surface area (TPSA) is 95.9 Å². The van der Waals surface area contributed by atoms with Crippen molar-refractivity contribution in [3.8, 4) is 0 Å². The molecule has 1 heterocycles. The fraction of sp³-hybridized carbons (Fsp3) is 0.818. The number of hydrogen-bond acceptors (Lipinski definition) is 4. The van der Waals surface area contributed by atoms with Gasteiger partial charge in [-0.25, -0.2) is 4.79 Å². The molecule has 6 nitrogen and oxygen atoms in total. The van der Waals surface area contributed by atoms with Crippen LogP contribution in [0.4, 0.5) is 0 Å². The third-order valence-electron chi connectivity index (χ3n) is 3.10. The maximum atomic E-state index is 11.7. The molecule has 1 amide bonds. The van der Waals surface area contributed by atoms with Gasteiger partial charge in [0.05, 0.1) is 0 Å². The number of carboxylic acids is 1. The Hall–Kier alpha value is -1.14. The van der Waals surface area contributed by atoms with Crippen molar-refractivity contribution in [1.82, 2.24) is 5.32 Å². The van der Waals surface area contributed by atoms with Gasteiger partial charge in [0.2, 0.25) is 5.91 Å². The zero-order valence-corrected chi connectivity index (χ0v) is 10.0. The molecule has 1 aliphatic heterocycles. The second kappa shape index (κ2) is 5.97. The highest BCUT2D eigenvalue weighted by Gasteiger charge is 2.35. The highest BCUT2D eigenvalue weighted by Crippen LogP contribution is 2.20. The third-order valence-corrected chi connectivity index (χ3v) is 3.10. The van der Waals surface area contributed by atoms with Crippen molar-refractivity contribution < 1.29 is 24.5 Å². The minimum absolute atomic E-state index is 0.00920. The highest BCUT2D eigenvalue weighted by molar-refractivity contribution is 5.82. The maximum absolute atomic E-state index is 11.7. The Balaban J connectivity index is 2.42. The number of carbonyl (C=O) groups excluding carboxylic acids is 1. The molecule has 0 radical (unpaired) electrons. The largest absolute Gasteiger partial charge is 0.479 e. The average Bonchev–Trinajstić information content (AvgIpc) is 2.77. The van der Waals surface area contributed by atoms with Gasteiger partial charge in [0.25, 0.3) is 0 Å². The molecule has 0 aromatic rings. The molecular formula is C11H19NO5. The molecule has 1 rings (SSSR count). The minimum atomic E-state index is -1.03. The molecular weight excluding hydrogens is 226 g/mol. The summed E-state index contributed by atoms with van der Waals surface area (Å²) in [6.45, 7) is 3.60. The number of nitrogens with one attached hydrogen (secondary N) is 1. The number of aliphatic carboxylic acids is 1. The molecule has 3 N–H and O–H groups in total. The summed E-state index contributed by atoms with van der Waals surface area (Å²) >= 11 is 0. The summed E-state index contributed by atoms with van der Waals surface area (Å²) in [7, 11) is 0. The molecule has 0 saturated carbocycles. The lowest BCUT2D eigenvalue weighted by Gasteiger charge is -2.21. The summed E-state index contributed by atoms with van der Waals surface area (Å²) < 4.78 is 5.12. The lowest BCUT2D eigenvalue weighted by Crippen LogP contribution is -2.44. The number of aliphatic hydroxyl groups excluding tert-OH is 1. The van der Waals surface area contributed by atoms with Crippen LogP contribution in [0.2, 0.25) is 0 Å².